The van der Waals surface area contributed by atoms with Gasteiger partial charge in [-0.05, 0) is 37.1 Å². The number of thiophene rings is 1. The van der Waals surface area contributed by atoms with Gasteiger partial charge >= 0.3 is 0 Å². The number of aryl methyl sites for hydroxylation is 2. The quantitative estimate of drug-likeness (QED) is 0.865. The number of aliphatic hydroxyl groups is 1. The zero-order valence-electron chi connectivity index (χ0n) is 9.50. The van der Waals surface area contributed by atoms with Crippen molar-refractivity contribution in [2.24, 2.45) is 0 Å². The molecule has 0 aliphatic heterocycles. The Morgan fingerprint density at radius 1 is 1.29 bits per heavy atom. The lowest BCUT2D eigenvalue weighted by atomic mass is 10.1. The summed E-state index contributed by atoms with van der Waals surface area (Å²) in [6.07, 6.45) is -0.952. The maximum absolute atomic E-state index is 13.7. The highest BCUT2D eigenvalue weighted by atomic mass is 35.5. The Morgan fingerprint density at radius 3 is 2.53 bits per heavy atom. The molecule has 0 saturated heterocycles. The smallest absolute Gasteiger partial charge is 0.129 e. The van der Waals surface area contributed by atoms with Crippen LogP contribution in [0.15, 0.2) is 24.3 Å². The van der Waals surface area contributed by atoms with Gasteiger partial charge in [-0.15, -0.1) is 11.3 Å². The molecule has 1 N–H and O–H groups in total. The van der Waals surface area contributed by atoms with Crippen LogP contribution in [-0.4, -0.2) is 5.11 Å². The summed E-state index contributed by atoms with van der Waals surface area (Å²) < 4.78 is 14.3. The molecule has 0 amide bonds. The molecule has 0 radical (unpaired) electrons. The van der Waals surface area contributed by atoms with Crippen molar-refractivity contribution in [3.05, 3.63) is 56.0 Å². The maximum atomic E-state index is 13.7. The lowest BCUT2D eigenvalue weighted by molar-refractivity contribution is 0.218. The van der Waals surface area contributed by atoms with E-state index in [9.17, 15) is 9.50 Å². The second-order valence-electron chi connectivity index (χ2n) is 4.03. The summed E-state index contributed by atoms with van der Waals surface area (Å²) in [5.41, 5.74) is 2.02. The van der Waals surface area contributed by atoms with E-state index in [0.717, 1.165) is 11.1 Å². The fourth-order valence-corrected chi connectivity index (χ4v) is 2.85. The van der Waals surface area contributed by atoms with Gasteiger partial charge in [0.1, 0.15) is 11.9 Å². The van der Waals surface area contributed by atoms with Crippen molar-refractivity contribution in [1.82, 2.24) is 0 Å². The van der Waals surface area contributed by atoms with Gasteiger partial charge in [-0.1, -0.05) is 23.7 Å². The first-order valence-corrected chi connectivity index (χ1v) is 6.38. The molecule has 1 nitrogen and oxygen atoms in total. The molecule has 2 rings (SSSR count). The molecular formula is C13H12ClFOS. The molecule has 0 fully saturated rings. The van der Waals surface area contributed by atoms with E-state index in [1.165, 1.54) is 17.4 Å². The second-order valence-corrected chi connectivity index (χ2v) is 5.72. The summed E-state index contributed by atoms with van der Waals surface area (Å²) >= 11 is 7.22. The SMILES string of the molecule is Cc1ccc(C(O)c2cc(C)c(Cl)s2)c(F)c1. The first kappa shape index (κ1) is 12.6. The second kappa shape index (κ2) is 4.77. The van der Waals surface area contributed by atoms with E-state index < -0.39 is 6.10 Å². The first-order valence-electron chi connectivity index (χ1n) is 5.19. The fraction of sp³-hybridized carbons (Fsp3) is 0.231. The zero-order valence-corrected chi connectivity index (χ0v) is 11.1. The maximum Gasteiger partial charge on any atom is 0.129 e. The number of rotatable bonds is 2. The van der Waals surface area contributed by atoms with Gasteiger partial charge in [0.15, 0.2) is 0 Å². The van der Waals surface area contributed by atoms with Crippen molar-refractivity contribution in [2.45, 2.75) is 20.0 Å². The van der Waals surface area contributed by atoms with Gasteiger partial charge in [0, 0.05) is 10.4 Å². The molecule has 1 aromatic heterocycles. The van der Waals surface area contributed by atoms with Crippen LogP contribution >= 0.6 is 22.9 Å². The van der Waals surface area contributed by atoms with Gasteiger partial charge < -0.3 is 5.11 Å². The van der Waals surface area contributed by atoms with E-state index in [1.54, 1.807) is 18.2 Å². The molecule has 17 heavy (non-hydrogen) atoms. The zero-order chi connectivity index (χ0) is 12.6. The average molecular weight is 271 g/mol. The number of halogens is 2. The molecular weight excluding hydrogens is 259 g/mol. The molecule has 1 unspecified atom stereocenters. The van der Waals surface area contributed by atoms with Gasteiger partial charge in [0.2, 0.25) is 0 Å². The van der Waals surface area contributed by atoms with Crippen LogP contribution in [0.1, 0.15) is 27.7 Å². The van der Waals surface area contributed by atoms with E-state index >= 15 is 0 Å². The van der Waals surface area contributed by atoms with E-state index in [0.29, 0.717) is 9.21 Å². The summed E-state index contributed by atoms with van der Waals surface area (Å²) in [4.78, 5) is 0.662. The van der Waals surface area contributed by atoms with Crippen molar-refractivity contribution in [3.63, 3.8) is 0 Å². The Hall–Kier alpha value is -0.900. The van der Waals surface area contributed by atoms with Crippen LogP contribution in [0.5, 0.6) is 0 Å². The molecule has 4 heteroatoms. The fourth-order valence-electron chi connectivity index (χ4n) is 1.63. The Kier molecular flexibility index (Phi) is 3.52. The lowest BCUT2D eigenvalue weighted by Gasteiger charge is -2.10. The molecule has 0 spiro atoms. The topological polar surface area (TPSA) is 20.2 Å². The monoisotopic (exact) mass is 270 g/mol. The Balaban J connectivity index is 2.39. The van der Waals surface area contributed by atoms with Crippen LogP contribution in [-0.2, 0) is 0 Å². The predicted molar refractivity (Wildman–Crippen MR) is 69.3 cm³/mol. The summed E-state index contributed by atoms with van der Waals surface area (Å²) in [5.74, 6) is -0.389. The minimum atomic E-state index is -0.952. The van der Waals surface area contributed by atoms with E-state index in [1.807, 2.05) is 13.8 Å². The molecule has 1 atom stereocenters. The van der Waals surface area contributed by atoms with Crippen LogP contribution in [0.4, 0.5) is 4.39 Å². The van der Waals surface area contributed by atoms with Crippen molar-refractivity contribution in [2.75, 3.05) is 0 Å². The summed E-state index contributed by atoms with van der Waals surface area (Å²) in [6.45, 7) is 3.67. The molecule has 1 aromatic carbocycles. The third-order valence-corrected chi connectivity index (χ3v) is 4.20. The van der Waals surface area contributed by atoms with Crippen LogP contribution in [0, 0.1) is 19.7 Å². The minimum absolute atomic E-state index is 0.286. The third kappa shape index (κ3) is 2.51. The van der Waals surface area contributed by atoms with Crippen molar-refractivity contribution < 1.29 is 9.50 Å². The van der Waals surface area contributed by atoms with Crippen LogP contribution < -0.4 is 0 Å². The summed E-state index contributed by atoms with van der Waals surface area (Å²) in [7, 11) is 0. The van der Waals surface area contributed by atoms with Crippen LogP contribution in [0.3, 0.4) is 0 Å². The Bertz CT molecular complexity index is 531. The average Bonchev–Trinajstić information content (AvgIpc) is 2.58. The van der Waals surface area contributed by atoms with E-state index in [4.69, 9.17) is 11.6 Å². The number of hydrogen-bond acceptors (Lipinski definition) is 2. The Morgan fingerprint density at radius 2 is 2.00 bits per heavy atom. The summed E-state index contributed by atoms with van der Waals surface area (Å²) in [6, 6.07) is 6.60. The van der Waals surface area contributed by atoms with Crippen molar-refractivity contribution in [1.29, 1.82) is 0 Å². The van der Waals surface area contributed by atoms with Gasteiger partial charge in [0.05, 0.1) is 4.34 Å². The molecule has 0 aliphatic rings. The first-order chi connectivity index (χ1) is 7.99. The van der Waals surface area contributed by atoms with Gasteiger partial charge in [-0.2, -0.15) is 0 Å². The van der Waals surface area contributed by atoms with E-state index in [2.05, 4.69) is 0 Å². The summed E-state index contributed by atoms with van der Waals surface area (Å²) in [5, 5.41) is 10.1. The van der Waals surface area contributed by atoms with Gasteiger partial charge in [-0.3, -0.25) is 0 Å². The van der Waals surface area contributed by atoms with Crippen LogP contribution in [0.25, 0.3) is 0 Å². The standard InChI is InChI=1S/C13H12ClFOS/c1-7-3-4-9(10(15)5-7)12(16)11-6-8(2)13(14)17-11/h3-6,12,16H,1-2H3. The van der Waals surface area contributed by atoms with Gasteiger partial charge in [-0.25, -0.2) is 4.39 Å². The Labute approximate surface area is 108 Å². The van der Waals surface area contributed by atoms with Crippen molar-refractivity contribution >= 4 is 22.9 Å². The number of hydrogen-bond donors (Lipinski definition) is 1. The number of benzene rings is 1. The highest BCUT2D eigenvalue weighted by Crippen LogP contribution is 2.34. The highest BCUT2D eigenvalue weighted by Gasteiger charge is 2.18. The number of aliphatic hydroxyl groups excluding tert-OH is 1. The normalized spacial score (nSPS) is 12.8. The highest BCUT2D eigenvalue weighted by molar-refractivity contribution is 7.16. The predicted octanol–water partition coefficient (Wildman–Crippen LogP) is 4.24. The molecule has 2 aromatic rings. The molecule has 0 aliphatic carbocycles. The molecule has 1 heterocycles. The molecule has 0 bridgehead atoms. The molecule has 90 valence electrons. The van der Waals surface area contributed by atoms with Crippen molar-refractivity contribution in [3.8, 4) is 0 Å². The minimum Gasteiger partial charge on any atom is -0.383 e. The lowest BCUT2D eigenvalue weighted by Crippen LogP contribution is -2.00. The van der Waals surface area contributed by atoms with Crippen LogP contribution in [0.2, 0.25) is 4.34 Å². The third-order valence-electron chi connectivity index (χ3n) is 2.60. The van der Waals surface area contributed by atoms with Gasteiger partial charge in [0.25, 0.3) is 0 Å². The molecule has 0 saturated carbocycles. The largest absolute Gasteiger partial charge is 0.383 e. The van der Waals surface area contributed by atoms with E-state index in [-0.39, 0.29) is 11.4 Å².